The normalized spacial score (nSPS) is 15.1. The van der Waals surface area contributed by atoms with Gasteiger partial charge >= 0.3 is 0 Å². The van der Waals surface area contributed by atoms with Gasteiger partial charge in [0.15, 0.2) is 0 Å². The summed E-state index contributed by atoms with van der Waals surface area (Å²) < 4.78 is 0. The van der Waals surface area contributed by atoms with Gasteiger partial charge in [0.05, 0.1) is 6.10 Å². The number of amides is 2. The number of unbranched alkanes of at least 4 members (excludes halogenated alkanes) is 36. The van der Waals surface area contributed by atoms with Crippen LogP contribution in [0.5, 0.6) is 0 Å². The maximum atomic E-state index is 13.5. The molecule has 1 N–H and O–H groups in total. The Hall–Kier alpha value is -1.14. The molecule has 0 bridgehead atoms. The molecule has 1 aliphatic rings. The van der Waals surface area contributed by atoms with Gasteiger partial charge in [0.2, 0.25) is 11.8 Å². The molecule has 1 saturated carbocycles. The molecule has 0 radical (unpaired) electrons. The molecular formula is C62H123N3O3. The molecule has 0 aromatic carbocycles. The first-order valence-corrected chi connectivity index (χ1v) is 31.4. The second-order valence-corrected chi connectivity index (χ2v) is 22.2. The molecule has 68 heavy (non-hydrogen) atoms. The molecule has 0 aromatic heterocycles. The molecule has 1 aliphatic carbocycles. The lowest BCUT2D eigenvalue weighted by Gasteiger charge is -2.36. The van der Waals surface area contributed by atoms with E-state index in [1.165, 1.54) is 250 Å². The van der Waals surface area contributed by atoms with E-state index in [0.29, 0.717) is 17.9 Å². The number of carbonyl (C=O) groups is 2. The molecule has 0 aliphatic heterocycles. The van der Waals surface area contributed by atoms with Crippen molar-refractivity contribution in [1.29, 1.82) is 0 Å². The molecule has 1 fully saturated rings. The van der Waals surface area contributed by atoms with E-state index in [2.05, 4.69) is 42.4 Å². The third-order valence-corrected chi connectivity index (χ3v) is 15.6. The Balaban J connectivity index is 2.45. The minimum Gasteiger partial charge on any atom is -0.393 e. The minimum atomic E-state index is -0.136. The molecule has 1 rings (SSSR count). The van der Waals surface area contributed by atoms with Gasteiger partial charge in [-0.15, -0.1) is 0 Å². The number of nitrogens with zero attached hydrogens (tertiary/aromatic N) is 3. The summed E-state index contributed by atoms with van der Waals surface area (Å²) >= 11 is 0. The van der Waals surface area contributed by atoms with E-state index in [1.54, 1.807) is 0 Å². The lowest BCUT2D eigenvalue weighted by atomic mass is 9.91. The first-order chi connectivity index (χ1) is 33.5. The summed E-state index contributed by atoms with van der Waals surface area (Å²) in [7, 11) is 0. The Kier molecular flexibility index (Phi) is 48.5. The predicted molar refractivity (Wildman–Crippen MR) is 299 cm³/mol. The van der Waals surface area contributed by atoms with Crippen LogP contribution in [0.2, 0.25) is 0 Å². The van der Waals surface area contributed by atoms with Crippen LogP contribution in [0.25, 0.3) is 0 Å². The topological polar surface area (TPSA) is 64.1 Å². The molecule has 6 nitrogen and oxygen atoms in total. The van der Waals surface area contributed by atoms with Crippen molar-refractivity contribution in [2.75, 3.05) is 39.3 Å². The number of hydrogen-bond donors (Lipinski definition) is 1. The monoisotopic (exact) mass is 958 g/mol. The second kappa shape index (κ2) is 50.8. The predicted octanol–water partition coefficient (Wildman–Crippen LogP) is 18.5. The zero-order valence-electron chi connectivity index (χ0n) is 46.9. The summed E-state index contributed by atoms with van der Waals surface area (Å²) in [4.78, 5) is 34.2. The Morgan fingerprint density at radius 3 is 0.868 bits per heavy atom. The van der Waals surface area contributed by atoms with Gasteiger partial charge in [0, 0.05) is 45.1 Å². The summed E-state index contributed by atoms with van der Waals surface area (Å²) in [5.74, 6) is 0.823. The molecule has 0 aromatic rings. The summed E-state index contributed by atoms with van der Waals surface area (Å²) in [6.07, 6.45) is 59.6. The third-order valence-electron chi connectivity index (χ3n) is 15.6. The zero-order valence-corrected chi connectivity index (χ0v) is 46.9. The van der Waals surface area contributed by atoms with Crippen LogP contribution in [-0.4, -0.2) is 83.0 Å². The molecular weight excluding hydrogens is 835 g/mol. The smallest absolute Gasteiger partial charge is 0.222 e. The molecule has 2 amide bonds. The van der Waals surface area contributed by atoms with Crippen molar-refractivity contribution in [3.8, 4) is 0 Å². The van der Waals surface area contributed by atoms with E-state index in [4.69, 9.17) is 0 Å². The highest BCUT2D eigenvalue weighted by molar-refractivity contribution is 5.76. The largest absolute Gasteiger partial charge is 0.393 e. The van der Waals surface area contributed by atoms with Crippen molar-refractivity contribution >= 4 is 11.8 Å². The molecule has 0 heterocycles. The van der Waals surface area contributed by atoms with Gasteiger partial charge < -0.3 is 19.8 Å². The van der Waals surface area contributed by atoms with E-state index in [9.17, 15) is 14.7 Å². The van der Waals surface area contributed by atoms with E-state index >= 15 is 0 Å². The van der Waals surface area contributed by atoms with Crippen molar-refractivity contribution in [1.82, 2.24) is 14.7 Å². The van der Waals surface area contributed by atoms with Crippen molar-refractivity contribution in [3.05, 3.63) is 0 Å². The van der Waals surface area contributed by atoms with E-state index in [-0.39, 0.29) is 6.10 Å². The lowest BCUT2D eigenvalue weighted by Crippen LogP contribution is -2.41. The second-order valence-electron chi connectivity index (χ2n) is 22.2. The maximum absolute atomic E-state index is 13.5. The fourth-order valence-corrected chi connectivity index (χ4v) is 11.0. The third kappa shape index (κ3) is 40.5. The maximum Gasteiger partial charge on any atom is 0.222 e. The fourth-order valence-electron chi connectivity index (χ4n) is 11.0. The number of aliphatic hydroxyl groups is 1. The number of aliphatic hydroxyl groups excluding tert-OH is 1. The van der Waals surface area contributed by atoms with Crippen LogP contribution in [0.15, 0.2) is 0 Å². The Labute approximate surface area is 426 Å². The van der Waals surface area contributed by atoms with Gasteiger partial charge in [0.1, 0.15) is 0 Å². The van der Waals surface area contributed by atoms with Crippen molar-refractivity contribution < 1.29 is 14.7 Å². The molecule has 6 heteroatoms. The van der Waals surface area contributed by atoms with E-state index in [1.807, 2.05) is 0 Å². The summed E-state index contributed by atoms with van der Waals surface area (Å²) in [6.45, 7) is 15.3. The van der Waals surface area contributed by atoms with Crippen molar-refractivity contribution in [2.24, 2.45) is 0 Å². The average Bonchev–Trinajstić information content (AvgIpc) is 3.34. The first kappa shape index (κ1) is 64.9. The van der Waals surface area contributed by atoms with Gasteiger partial charge in [-0.05, 0) is 90.1 Å². The standard InChI is InChI=1S/C62H123N3O3/c1-5-9-13-17-21-25-33-43-54-64(55-44-34-26-22-18-14-10-6-2)61(67)50-39-31-29-37-41-52-63(59-48-47-49-60(66)58-59)53-42-38-30-32-40-51-62(68)65(56-45-35-27-23-19-15-11-7-3)57-46-36-28-24-20-16-12-8-4/h59-60,66H,5-58H2,1-4H3/t59-,60-/m1/s1. The lowest BCUT2D eigenvalue weighted by molar-refractivity contribution is -0.132. The fraction of sp³-hybridized carbons (Fsp3) is 0.968. The highest BCUT2D eigenvalue weighted by atomic mass is 16.3. The SMILES string of the molecule is CCCCCCCCCCN(CCCCCCCCCC)C(=O)CCCCCCCN(CCCCCCCC(=O)N(CCCCCCCCCC)CCCCCCCCCC)[C@@H]1CCC[C@@H](O)C1. The Bertz CT molecular complexity index is 944. The molecule has 2 atom stereocenters. The quantitative estimate of drug-likeness (QED) is 0.0617. The van der Waals surface area contributed by atoms with Crippen LogP contribution >= 0.6 is 0 Å². The highest BCUT2D eigenvalue weighted by Crippen LogP contribution is 2.25. The van der Waals surface area contributed by atoms with E-state index < -0.39 is 0 Å². The summed E-state index contributed by atoms with van der Waals surface area (Å²) in [5.41, 5.74) is 0. The average molecular weight is 959 g/mol. The minimum absolute atomic E-state index is 0.136. The summed E-state index contributed by atoms with van der Waals surface area (Å²) in [5, 5.41) is 10.6. The van der Waals surface area contributed by atoms with E-state index in [0.717, 1.165) is 97.1 Å². The van der Waals surface area contributed by atoms with Gasteiger partial charge in [-0.1, -0.05) is 246 Å². The van der Waals surface area contributed by atoms with Crippen LogP contribution < -0.4 is 0 Å². The van der Waals surface area contributed by atoms with Crippen LogP contribution in [0.1, 0.15) is 336 Å². The molecule has 0 saturated heterocycles. The summed E-state index contributed by atoms with van der Waals surface area (Å²) in [6, 6.07) is 0.523. The van der Waals surface area contributed by atoms with Gasteiger partial charge in [-0.3, -0.25) is 9.59 Å². The van der Waals surface area contributed by atoms with Gasteiger partial charge in [-0.25, -0.2) is 0 Å². The number of carbonyl (C=O) groups excluding carboxylic acids is 2. The molecule has 404 valence electrons. The first-order valence-electron chi connectivity index (χ1n) is 31.4. The highest BCUT2D eigenvalue weighted by Gasteiger charge is 2.25. The van der Waals surface area contributed by atoms with Crippen LogP contribution in [0.3, 0.4) is 0 Å². The Morgan fingerprint density at radius 1 is 0.338 bits per heavy atom. The van der Waals surface area contributed by atoms with Gasteiger partial charge in [0.25, 0.3) is 0 Å². The van der Waals surface area contributed by atoms with Crippen molar-refractivity contribution in [2.45, 2.75) is 348 Å². The van der Waals surface area contributed by atoms with Gasteiger partial charge in [-0.2, -0.15) is 0 Å². The molecule has 0 unspecified atom stereocenters. The van der Waals surface area contributed by atoms with Crippen molar-refractivity contribution in [3.63, 3.8) is 0 Å². The molecule has 0 spiro atoms. The van der Waals surface area contributed by atoms with Crippen LogP contribution in [0.4, 0.5) is 0 Å². The van der Waals surface area contributed by atoms with Crippen LogP contribution in [0, 0.1) is 0 Å². The Morgan fingerprint density at radius 2 is 0.588 bits per heavy atom. The van der Waals surface area contributed by atoms with Crippen LogP contribution in [-0.2, 0) is 9.59 Å². The zero-order chi connectivity index (χ0) is 49.2. The number of hydrogen-bond acceptors (Lipinski definition) is 4. The number of rotatable bonds is 53.